The number of hydrogen-bond acceptors (Lipinski definition) is 7. The second-order valence-electron chi connectivity index (χ2n) is 7.06. The second kappa shape index (κ2) is 7.48. The molecular formula is C21H19N7O3. The second-order valence-corrected chi connectivity index (χ2v) is 7.06. The summed E-state index contributed by atoms with van der Waals surface area (Å²) >= 11 is 0. The van der Waals surface area contributed by atoms with Crippen LogP contribution in [0.25, 0.3) is 11.0 Å². The summed E-state index contributed by atoms with van der Waals surface area (Å²) in [4.78, 5) is 39.6. The lowest BCUT2D eigenvalue weighted by molar-refractivity contribution is 0.102. The molecule has 0 atom stereocenters. The molecule has 5 rings (SSSR count). The van der Waals surface area contributed by atoms with Crippen LogP contribution in [0.5, 0.6) is 5.88 Å². The van der Waals surface area contributed by atoms with Gasteiger partial charge in [0, 0.05) is 24.0 Å². The third kappa shape index (κ3) is 3.44. The fourth-order valence-electron chi connectivity index (χ4n) is 3.51. The number of anilines is 4. The first-order chi connectivity index (χ1) is 15.1. The summed E-state index contributed by atoms with van der Waals surface area (Å²) in [5.74, 6) is 0.000574. The highest BCUT2D eigenvalue weighted by Crippen LogP contribution is 2.34. The Kier molecular flexibility index (Phi) is 4.51. The van der Waals surface area contributed by atoms with Crippen molar-refractivity contribution < 1.29 is 9.53 Å². The number of H-pyrrole nitrogens is 2. The number of benzene rings is 1. The predicted octanol–water partition coefficient (Wildman–Crippen LogP) is 2.75. The van der Waals surface area contributed by atoms with Gasteiger partial charge < -0.3 is 30.7 Å². The molecule has 0 unspecified atom stereocenters. The molecule has 1 amide bonds. The zero-order chi connectivity index (χ0) is 21.4. The number of carbonyl (C=O) groups excluding carboxylic acids is 1. The molecule has 10 heteroatoms. The molecule has 1 aliphatic rings. The predicted molar refractivity (Wildman–Crippen MR) is 117 cm³/mol. The largest absolute Gasteiger partial charge is 0.474 e. The number of aromatic amines is 2. The first-order valence-corrected chi connectivity index (χ1v) is 9.69. The molecule has 4 heterocycles. The van der Waals surface area contributed by atoms with E-state index in [2.05, 4.69) is 35.9 Å². The van der Waals surface area contributed by atoms with Gasteiger partial charge in [-0.3, -0.25) is 9.59 Å². The van der Waals surface area contributed by atoms with E-state index in [0.29, 0.717) is 36.1 Å². The number of ether oxygens (including phenoxy) is 1. The lowest BCUT2D eigenvalue weighted by atomic mass is 10.1. The van der Waals surface area contributed by atoms with Gasteiger partial charge in [0.05, 0.1) is 34.9 Å². The van der Waals surface area contributed by atoms with E-state index in [-0.39, 0.29) is 5.56 Å². The van der Waals surface area contributed by atoms with E-state index in [9.17, 15) is 9.59 Å². The minimum atomic E-state index is -0.534. The number of amides is 1. The molecule has 31 heavy (non-hydrogen) atoms. The highest BCUT2D eigenvalue weighted by Gasteiger charge is 2.20. The van der Waals surface area contributed by atoms with Crippen LogP contribution in [0.1, 0.15) is 15.9 Å². The molecule has 0 radical (unpaired) electrons. The summed E-state index contributed by atoms with van der Waals surface area (Å²) in [7, 11) is 0. The van der Waals surface area contributed by atoms with Gasteiger partial charge in [-0.2, -0.15) is 0 Å². The average molecular weight is 417 g/mol. The van der Waals surface area contributed by atoms with Crippen molar-refractivity contribution in [1.82, 2.24) is 19.9 Å². The lowest BCUT2D eigenvalue weighted by Gasteiger charge is -2.22. The molecule has 0 saturated heterocycles. The number of hydrogen-bond donors (Lipinski definition) is 5. The molecule has 3 aromatic heterocycles. The smallest absolute Gasteiger partial charge is 0.263 e. The van der Waals surface area contributed by atoms with Crippen molar-refractivity contribution >= 4 is 39.7 Å². The van der Waals surface area contributed by atoms with Crippen LogP contribution in [-0.2, 0) is 0 Å². The molecule has 0 saturated carbocycles. The monoisotopic (exact) mass is 417 g/mol. The van der Waals surface area contributed by atoms with Crippen LogP contribution in [0, 0.1) is 6.92 Å². The molecule has 156 valence electrons. The fraction of sp³-hybridized carbons (Fsp3) is 0.143. The van der Waals surface area contributed by atoms with E-state index in [1.807, 2.05) is 6.92 Å². The van der Waals surface area contributed by atoms with E-state index in [1.165, 1.54) is 6.20 Å². The molecule has 1 aliphatic heterocycles. The summed E-state index contributed by atoms with van der Waals surface area (Å²) in [5, 5.41) is 9.21. The molecule has 0 bridgehead atoms. The van der Waals surface area contributed by atoms with Crippen LogP contribution in [0.4, 0.5) is 22.7 Å². The van der Waals surface area contributed by atoms with Crippen LogP contribution in [0.2, 0.25) is 0 Å². The summed E-state index contributed by atoms with van der Waals surface area (Å²) < 4.78 is 5.55. The van der Waals surface area contributed by atoms with Gasteiger partial charge in [0.15, 0.2) is 0 Å². The maximum Gasteiger partial charge on any atom is 0.263 e. The Morgan fingerprint density at radius 2 is 2.06 bits per heavy atom. The number of rotatable bonds is 4. The molecule has 10 nitrogen and oxygen atoms in total. The number of carbonyl (C=O) groups is 1. The quantitative estimate of drug-likeness (QED) is 0.344. The highest BCUT2D eigenvalue weighted by atomic mass is 16.5. The zero-order valence-corrected chi connectivity index (χ0v) is 16.6. The highest BCUT2D eigenvalue weighted by molar-refractivity contribution is 6.08. The van der Waals surface area contributed by atoms with Crippen molar-refractivity contribution in [1.29, 1.82) is 0 Å². The lowest BCUT2D eigenvalue weighted by Crippen LogP contribution is -2.25. The van der Waals surface area contributed by atoms with E-state index >= 15 is 0 Å². The number of nitrogens with one attached hydrogen (secondary N) is 5. The number of fused-ring (bicyclic) bond motifs is 2. The Morgan fingerprint density at radius 3 is 2.97 bits per heavy atom. The van der Waals surface area contributed by atoms with Gasteiger partial charge in [-0.05, 0) is 31.2 Å². The van der Waals surface area contributed by atoms with Crippen molar-refractivity contribution in [2.45, 2.75) is 6.92 Å². The minimum Gasteiger partial charge on any atom is -0.474 e. The van der Waals surface area contributed by atoms with Gasteiger partial charge in [-0.1, -0.05) is 0 Å². The first-order valence-electron chi connectivity index (χ1n) is 9.69. The Bertz CT molecular complexity index is 1360. The maximum atomic E-state index is 13.0. The molecule has 0 fully saturated rings. The molecule has 0 aliphatic carbocycles. The van der Waals surface area contributed by atoms with Crippen LogP contribution in [0.15, 0.2) is 47.8 Å². The van der Waals surface area contributed by atoms with Gasteiger partial charge in [-0.15, -0.1) is 0 Å². The Balaban J connectivity index is 1.47. The van der Waals surface area contributed by atoms with Crippen molar-refractivity contribution in [2.75, 3.05) is 29.1 Å². The fourth-order valence-corrected chi connectivity index (χ4v) is 3.51. The summed E-state index contributed by atoms with van der Waals surface area (Å²) in [6.45, 7) is 3.14. The number of pyridine rings is 2. The standard InChI is InChI=1S/C21H19N7O3/c1-11-16(9-24-21-18(11)22-6-7-31-21)28-14-4-5-23-19(29)17(14)20(30)27-12-2-3-13-15(8-12)26-10-25-13/h2-5,8-10,22H,6-7H2,1H3,(H,25,26)(H,27,30)(H2,23,28,29). The van der Waals surface area contributed by atoms with Crippen molar-refractivity contribution in [3.05, 3.63) is 64.5 Å². The molecule has 5 N–H and O–H groups in total. The summed E-state index contributed by atoms with van der Waals surface area (Å²) in [6.07, 6.45) is 4.69. The first kappa shape index (κ1) is 18.7. The molecular weight excluding hydrogens is 398 g/mol. The number of imidazole rings is 1. The summed E-state index contributed by atoms with van der Waals surface area (Å²) in [6, 6.07) is 6.91. The van der Waals surface area contributed by atoms with Gasteiger partial charge in [-0.25, -0.2) is 9.97 Å². The van der Waals surface area contributed by atoms with Crippen LogP contribution < -0.4 is 26.2 Å². The van der Waals surface area contributed by atoms with Crippen LogP contribution in [0.3, 0.4) is 0 Å². The normalized spacial score (nSPS) is 12.5. The Labute approximate surface area is 176 Å². The van der Waals surface area contributed by atoms with Gasteiger partial charge in [0.2, 0.25) is 5.88 Å². The van der Waals surface area contributed by atoms with E-state index in [0.717, 1.165) is 22.3 Å². The number of aromatic nitrogens is 4. The third-order valence-electron chi connectivity index (χ3n) is 5.08. The Morgan fingerprint density at radius 1 is 1.16 bits per heavy atom. The van der Waals surface area contributed by atoms with Gasteiger partial charge >= 0.3 is 0 Å². The van der Waals surface area contributed by atoms with E-state index < -0.39 is 11.5 Å². The molecule has 1 aromatic carbocycles. The third-order valence-corrected chi connectivity index (χ3v) is 5.08. The van der Waals surface area contributed by atoms with Crippen molar-refractivity contribution in [3.63, 3.8) is 0 Å². The minimum absolute atomic E-state index is 0.0338. The SMILES string of the molecule is Cc1c(Nc2cc[nH]c(=O)c2C(=O)Nc2ccc3nc[nH]c3c2)cnc2c1NCCO2. The Hall–Kier alpha value is -4.34. The molecule has 4 aromatic rings. The summed E-state index contributed by atoms with van der Waals surface area (Å²) in [5.41, 5.74) is 4.27. The van der Waals surface area contributed by atoms with Crippen molar-refractivity contribution in [2.24, 2.45) is 0 Å². The van der Waals surface area contributed by atoms with E-state index in [1.54, 1.807) is 36.8 Å². The van der Waals surface area contributed by atoms with Gasteiger partial charge in [0.25, 0.3) is 11.5 Å². The van der Waals surface area contributed by atoms with Crippen molar-refractivity contribution in [3.8, 4) is 5.88 Å². The number of nitrogens with zero attached hydrogens (tertiary/aromatic N) is 2. The van der Waals surface area contributed by atoms with Crippen LogP contribution in [-0.4, -0.2) is 39.0 Å². The topological polar surface area (TPSA) is 137 Å². The van der Waals surface area contributed by atoms with E-state index in [4.69, 9.17) is 4.74 Å². The molecule has 0 spiro atoms. The van der Waals surface area contributed by atoms with Gasteiger partial charge in [0.1, 0.15) is 17.9 Å². The maximum absolute atomic E-state index is 13.0. The average Bonchev–Trinajstić information content (AvgIpc) is 3.24. The van der Waals surface area contributed by atoms with Crippen LogP contribution >= 0.6 is 0 Å². The zero-order valence-electron chi connectivity index (χ0n) is 16.6.